The van der Waals surface area contributed by atoms with Crippen LogP contribution in [0.5, 0.6) is 0 Å². The molecule has 0 aliphatic heterocycles. The van der Waals surface area contributed by atoms with E-state index >= 15 is 0 Å². The van der Waals surface area contributed by atoms with E-state index in [1.807, 2.05) is 32.0 Å². The summed E-state index contributed by atoms with van der Waals surface area (Å²) in [7, 11) is 3.79. The first-order valence-corrected chi connectivity index (χ1v) is 6.41. The molecule has 2 aromatic rings. The molecule has 2 heterocycles. The van der Waals surface area contributed by atoms with Gasteiger partial charge in [0.25, 0.3) is 5.91 Å². The number of amides is 1. The van der Waals surface area contributed by atoms with Crippen molar-refractivity contribution in [3.8, 4) is 0 Å². The second-order valence-corrected chi connectivity index (χ2v) is 4.95. The predicted octanol–water partition coefficient (Wildman–Crippen LogP) is 2.76. The van der Waals surface area contributed by atoms with Gasteiger partial charge in [-0.15, -0.1) is 0 Å². The van der Waals surface area contributed by atoms with Crippen molar-refractivity contribution in [1.29, 1.82) is 0 Å². The Morgan fingerprint density at radius 2 is 2.10 bits per heavy atom. The average Bonchev–Trinajstić information content (AvgIpc) is 2.38. The van der Waals surface area contributed by atoms with Gasteiger partial charge in [-0.05, 0) is 19.1 Å². The fraction of sp³-hybridized carbons (Fsp3) is 0.214. The molecule has 0 radical (unpaired) electrons. The average molecular weight is 291 g/mol. The van der Waals surface area contributed by atoms with Gasteiger partial charge in [-0.25, -0.2) is 0 Å². The number of aromatic nitrogens is 2. The van der Waals surface area contributed by atoms with E-state index in [0.717, 1.165) is 11.4 Å². The van der Waals surface area contributed by atoms with Crippen molar-refractivity contribution in [1.82, 2.24) is 9.97 Å². The molecular weight excluding hydrogens is 276 g/mol. The number of rotatable bonds is 3. The molecule has 5 nitrogen and oxygen atoms in total. The lowest BCUT2D eigenvalue weighted by molar-refractivity contribution is 0.102. The van der Waals surface area contributed by atoms with Gasteiger partial charge in [-0.3, -0.25) is 14.8 Å². The van der Waals surface area contributed by atoms with E-state index in [9.17, 15) is 4.79 Å². The molecule has 0 aromatic carbocycles. The number of carbonyl (C=O) groups excluding carboxylic acids is 1. The minimum Gasteiger partial charge on any atom is -0.376 e. The molecule has 0 spiro atoms. The summed E-state index contributed by atoms with van der Waals surface area (Å²) in [6.45, 7) is 1.82. The molecule has 6 heteroatoms. The summed E-state index contributed by atoms with van der Waals surface area (Å²) in [5.74, 6) is -0.307. The summed E-state index contributed by atoms with van der Waals surface area (Å²) >= 11 is 6.07. The van der Waals surface area contributed by atoms with Gasteiger partial charge in [0, 0.05) is 32.2 Å². The van der Waals surface area contributed by atoms with E-state index in [1.165, 1.54) is 6.20 Å². The lowest BCUT2D eigenvalue weighted by Crippen LogP contribution is -2.17. The minimum atomic E-state index is -0.307. The Labute approximate surface area is 122 Å². The Kier molecular flexibility index (Phi) is 4.20. The first-order valence-electron chi connectivity index (χ1n) is 6.04. The van der Waals surface area contributed by atoms with E-state index in [2.05, 4.69) is 15.3 Å². The zero-order valence-electron chi connectivity index (χ0n) is 11.5. The van der Waals surface area contributed by atoms with Crippen molar-refractivity contribution in [3.05, 3.63) is 47.0 Å². The molecule has 1 N–H and O–H groups in total. The Morgan fingerprint density at radius 3 is 2.75 bits per heavy atom. The standard InChI is InChI=1S/C14H15ClN4O/c1-9-6-11(15)10(7-17-9)14(20)18-12-8-16-5-4-13(12)19(2)3/h4-8H,1-3H3,(H,18,20). The summed E-state index contributed by atoms with van der Waals surface area (Å²) in [5, 5.41) is 3.18. The maximum absolute atomic E-state index is 12.2. The first kappa shape index (κ1) is 14.3. The SMILES string of the molecule is Cc1cc(Cl)c(C(=O)Nc2cnccc2N(C)C)cn1. The highest BCUT2D eigenvalue weighted by molar-refractivity contribution is 6.34. The second kappa shape index (κ2) is 5.88. The van der Waals surface area contributed by atoms with E-state index < -0.39 is 0 Å². The molecule has 0 atom stereocenters. The van der Waals surface area contributed by atoms with Gasteiger partial charge in [0.05, 0.1) is 28.2 Å². The van der Waals surface area contributed by atoms with Crippen molar-refractivity contribution in [2.75, 3.05) is 24.3 Å². The summed E-state index contributed by atoms with van der Waals surface area (Å²) in [6, 6.07) is 3.48. The van der Waals surface area contributed by atoms with Crippen LogP contribution in [0.2, 0.25) is 5.02 Å². The van der Waals surface area contributed by atoms with Crippen LogP contribution in [-0.4, -0.2) is 30.0 Å². The summed E-state index contributed by atoms with van der Waals surface area (Å²) < 4.78 is 0. The van der Waals surface area contributed by atoms with Crippen LogP contribution in [0.3, 0.4) is 0 Å². The fourth-order valence-corrected chi connectivity index (χ4v) is 2.05. The topological polar surface area (TPSA) is 58.1 Å². The summed E-state index contributed by atoms with van der Waals surface area (Å²) in [4.78, 5) is 22.2. The predicted molar refractivity (Wildman–Crippen MR) is 80.5 cm³/mol. The highest BCUT2D eigenvalue weighted by atomic mass is 35.5. The van der Waals surface area contributed by atoms with Crippen LogP contribution in [0.1, 0.15) is 16.1 Å². The Hall–Kier alpha value is -2.14. The van der Waals surface area contributed by atoms with Crippen molar-refractivity contribution < 1.29 is 4.79 Å². The summed E-state index contributed by atoms with van der Waals surface area (Å²) in [6.07, 6.45) is 4.74. The molecule has 1 amide bonds. The molecular formula is C14H15ClN4O. The van der Waals surface area contributed by atoms with Crippen molar-refractivity contribution in [2.24, 2.45) is 0 Å². The molecule has 0 unspecified atom stereocenters. The van der Waals surface area contributed by atoms with Crippen molar-refractivity contribution in [3.63, 3.8) is 0 Å². The third kappa shape index (κ3) is 3.05. The lowest BCUT2D eigenvalue weighted by Gasteiger charge is -2.17. The minimum absolute atomic E-state index is 0.307. The number of anilines is 2. The highest BCUT2D eigenvalue weighted by Gasteiger charge is 2.14. The quantitative estimate of drug-likeness (QED) is 0.944. The Morgan fingerprint density at radius 1 is 1.35 bits per heavy atom. The molecule has 0 bridgehead atoms. The number of aryl methyl sites for hydroxylation is 1. The van der Waals surface area contributed by atoms with Crippen LogP contribution in [0.15, 0.2) is 30.7 Å². The second-order valence-electron chi connectivity index (χ2n) is 4.55. The van der Waals surface area contributed by atoms with Crippen LogP contribution < -0.4 is 10.2 Å². The van der Waals surface area contributed by atoms with Crippen LogP contribution in [0.4, 0.5) is 11.4 Å². The van der Waals surface area contributed by atoms with Gasteiger partial charge in [0.2, 0.25) is 0 Å². The Balaban J connectivity index is 2.28. The number of hydrogen-bond acceptors (Lipinski definition) is 4. The Bertz CT molecular complexity index is 643. The highest BCUT2D eigenvalue weighted by Crippen LogP contribution is 2.24. The maximum atomic E-state index is 12.2. The van der Waals surface area contributed by atoms with Gasteiger partial charge in [-0.1, -0.05) is 11.6 Å². The normalized spacial score (nSPS) is 10.2. The van der Waals surface area contributed by atoms with Crippen LogP contribution in [0.25, 0.3) is 0 Å². The molecule has 2 aromatic heterocycles. The third-order valence-corrected chi connectivity index (χ3v) is 3.08. The van der Waals surface area contributed by atoms with Gasteiger partial charge >= 0.3 is 0 Å². The molecule has 0 saturated heterocycles. The molecule has 0 aliphatic carbocycles. The molecule has 20 heavy (non-hydrogen) atoms. The van der Waals surface area contributed by atoms with Crippen LogP contribution in [0, 0.1) is 6.92 Å². The van der Waals surface area contributed by atoms with Gasteiger partial charge < -0.3 is 10.2 Å². The number of pyridine rings is 2. The number of halogens is 1. The van der Waals surface area contributed by atoms with Crippen molar-refractivity contribution >= 4 is 28.9 Å². The van der Waals surface area contributed by atoms with Crippen LogP contribution in [-0.2, 0) is 0 Å². The number of nitrogens with zero attached hydrogens (tertiary/aromatic N) is 3. The first-order chi connectivity index (χ1) is 9.49. The third-order valence-electron chi connectivity index (χ3n) is 2.76. The zero-order valence-corrected chi connectivity index (χ0v) is 12.3. The van der Waals surface area contributed by atoms with E-state index in [-0.39, 0.29) is 5.91 Å². The molecule has 2 rings (SSSR count). The lowest BCUT2D eigenvalue weighted by atomic mass is 10.2. The van der Waals surface area contributed by atoms with Gasteiger partial charge in [-0.2, -0.15) is 0 Å². The van der Waals surface area contributed by atoms with Gasteiger partial charge in [0.15, 0.2) is 0 Å². The largest absolute Gasteiger partial charge is 0.376 e. The molecule has 0 saturated carbocycles. The van der Waals surface area contributed by atoms with E-state index in [0.29, 0.717) is 16.3 Å². The number of hydrogen-bond donors (Lipinski definition) is 1. The molecule has 104 valence electrons. The molecule has 0 aliphatic rings. The van der Waals surface area contributed by atoms with E-state index in [1.54, 1.807) is 18.5 Å². The summed E-state index contributed by atoms with van der Waals surface area (Å²) in [5.41, 5.74) is 2.59. The fourth-order valence-electron chi connectivity index (χ4n) is 1.76. The monoisotopic (exact) mass is 290 g/mol. The van der Waals surface area contributed by atoms with Crippen LogP contribution >= 0.6 is 11.6 Å². The smallest absolute Gasteiger partial charge is 0.258 e. The van der Waals surface area contributed by atoms with E-state index in [4.69, 9.17) is 11.6 Å². The maximum Gasteiger partial charge on any atom is 0.258 e. The zero-order chi connectivity index (χ0) is 14.7. The molecule has 0 fully saturated rings. The van der Waals surface area contributed by atoms with Crippen molar-refractivity contribution in [2.45, 2.75) is 6.92 Å². The number of carbonyl (C=O) groups is 1. The number of nitrogens with one attached hydrogen (secondary N) is 1. The van der Waals surface area contributed by atoms with Gasteiger partial charge in [0.1, 0.15) is 0 Å².